The zero-order valence-corrected chi connectivity index (χ0v) is 10.7. The van der Waals surface area contributed by atoms with Gasteiger partial charge in [0.15, 0.2) is 0 Å². The highest BCUT2D eigenvalue weighted by molar-refractivity contribution is 5.66. The second kappa shape index (κ2) is 5.74. The fourth-order valence-corrected chi connectivity index (χ4v) is 1.88. The van der Waals surface area contributed by atoms with Gasteiger partial charge in [0.25, 0.3) is 0 Å². The number of aromatic nitrogens is 1. The molecule has 0 saturated heterocycles. The molecule has 0 fully saturated rings. The second-order valence-corrected chi connectivity index (χ2v) is 4.28. The Morgan fingerprint density at radius 2 is 2.11 bits per heavy atom. The molecule has 0 radical (unpaired) electrons. The monoisotopic (exact) mass is 244 g/mol. The molecule has 0 atom stereocenters. The van der Waals surface area contributed by atoms with E-state index in [1.54, 1.807) is 18.5 Å². The summed E-state index contributed by atoms with van der Waals surface area (Å²) in [6, 6.07) is 7.29. The Hall–Kier alpha value is -1.74. The first kappa shape index (κ1) is 12.7. The molecule has 0 spiro atoms. The van der Waals surface area contributed by atoms with E-state index in [0.29, 0.717) is 12.1 Å². The topological polar surface area (TPSA) is 24.9 Å². The molecule has 2 rings (SSSR count). The van der Waals surface area contributed by atoms with Crippen LogP contribution in [0.25, 0.3) is 11.1 Å². The van der Waals surface area contributed by atoms with Crippen molar-refractivity contribution in [1.29, 1.82) is 0 Å². The number of pyridine rings is 1. The van der Waals surface area contributed by atoms with Crippen LogP contribution < -0.4 is 5.32 Å². The van der Waals surface area contributed by atoms with Gasteiger partial charge < -0.3 is 5.32 Å². The van der Waals surface area contributed by atoms with Crippen LogP contribution in [0.4, 0.5) is 4.39 Å². The molecule has 0 aliphatic carbocycles. The molecule has 0 aliphatic heterocycles. The number of nitrogens with zero attached hydrogens (tertiary/aromatic N) is 1. The molecule has 1 aromatic heterocycles. The Morgan fingerprint density at radius 1 is 1.28 bits per heavy atom. The van der Waals surface area contributed by atoms with Crippen molar-refractivity contribution in [3.8, 4) is 11.1 Å². The van der Waals surface area contributed by atoms with Crippen LogP contribution in [0.3, 0.4) is 0 Å². The zero-order valence-electron chi connectivity index (χ0n) is 10.7. The van der Waals surface area contributed by atoms with Gasteiger partial charge in [0.05, 0.1) is 0 Å². The summed E-state index contributed by atoms with van der Waals surface area (Å²) in [5.41, 5.74) is 3.65. The molecule has 2 aromatic rings. The number of benzene rings is 1. The molecule has 0 bridgehead atoms. The van der Waals surface area contributed by atoms with Crippen LogP contribution in [0.2, 0.25) is 0 Å². The second-order valence-electron chi connectivity index (χ2n) is 4.28. The third-order valence-electron chi connectivity index (χ3n) is 2.97. The lowest BCUT2D eigenvalue weighted by atomic mass is 10.0. The fraction of sp³-hybridized carbons (Fsp3) is 0.267. The standard InChI is InChI=1S/C15H17FN2/c1-3-17-9-13-5-4-12(8-15(13)16)14-10-18-7-6-11(14)2/h4-8,10,17H,3,9H2,1-2H3. The van der Waals surface area contributed by atoms with Crippen LogP contribution in [-0.4, -0.2) is 11.5 Å². The molecular formula is C15H17FN2. The van der Waals surface area contributed by atoms with Crippen molar-refractivity contribution in [2.45, 2.75) is 20.4 Å². The molecule has 1 aromatic carbocycles. The minimum absolute atomic E-state index is 0.170. The highest BCUT2D eigenvalue weighted by atomic mass is 19.1. The largest absolute Gasteiger partial charge is 0.313 e. The highest BCUT2D eigenvalue weighted by Crippen LogP contribution is 2.24. The van der Waals surface area contributed by atoms with Crippen LogP contribution in [-0.2, 0) is 6.54 Å². The zero-order chi connectivity index (χ0) is 13.0. The van der Waals surface area contributed by atoms with Gasteiger partial charge in [0, 0.05) is 30.1 Å². The van der Waals surface area contributed by atoms with E-state index in [9.17, 15) is 4.39 Å². The Balaban J connectivity index is 2.32. The predicted octanol–water partition coefficient (Wildman–Crippen LogP) is 3.31. The van der Waals surface area contributed by atoms with Crippen molar-refractivity contribution < 1.29 is 4.39 Å². The molecule has 3 heteroatoms. The van der Waals surface area contributed by atoms with E-state index in [1.165, 1.54) is 0 Å². The van der Waals surface area contributed by atoms with Gasteiger partial charge in [-0.15, -0.1) is 0 Å². The van der Waals surface area contributed by atoms with E-state index < -0.39 is 0 Å². The van der Waals surface area contributed by atoms with Gasteiger partial charge >= 0.3 is 0 Å². The maximum absolute atomic E-state index is 13.9. The van der Waals surface area contributed by atoms with Gasteiger partial charge in [0.2, 0.25) is 0 Å². The average molecular weight is 244 g/mol. The third-order valence-corrected chi connectivity index (χ3v) is 2.97. The van der Waals surface area contributed by atoms with Gasteiger partial charge in [-0.25, -0.2) is 4.39 Å². The summed E-state index contributed by atoms with van der Waals surface area (Å²) in [7, 11) is 0. The van der Waals surface area contributed by atoms with Gasteiger partial charge in [-0.2, -0.15) is 0 Å². The number of hydrogen-bond acceptors (Lipinski definition) is 2. The summed E-state index contributed by atoms with van der Waals surface area (Å²) >= 11 is 0. The number of halogens is 1. The Labute approximate surface area is 107 Å². The lowest BCUT2D eigenvalue weighted by Gasteiger charge is -2.08. The summed E-state index contributed by atoms with van der Waals surface area (Å²) in [6.07, 6.45) is 3.52. The number of hydrogen-bond donors (Lipinski definition) is 1. The van der Waals surface area contributed by atoms with Crippen molar-refractivity contribution in [3.63, 3.8) is 0 Å². The Morgan fingerprint density at radius 3 is 2.78 bits per heavy atom. The van der Waals surface area contributed by atoms with Crippen LogP contribution >= 0.6 is 0 Å². The first-order valence-electron chi connectivity index (χ1n) is 6.12. The first-order valence-corrected chi connectivity index (χ1v) is 6.12. The first-order chi connectivity index (χ1) is 8.72. The predicted molar refractivity (Wildman–Crippen MR) is 71.7 cm³/mol. The SMILES string of the molecule is CCNCc1ccc(-c2cnccc2C)cc1F. The third kappa shape index (κ3) is 2.74. The smallest absolute Gasteiger partial charge is 0.128 e. The maximum atomic E-state index is 13.9. The summed E-state index contributed by atoms with van der Waals surface area (Å²) < 4.78 is 13.9. The van der Waals surface area contributed by atoms with E-state index in [4.69, 9.17) is 0 Å². The lowest BCUT2D eigenvalue weighted by Crippen LogP contribution is -2.12. The molecule has 1 N–H and O–H groups in total. The van der Waals surface area contributed by atoms with E-state index in [0.717, 1.165) is 23.2 Å². The van der Waals surface area contributed by atoms with E-state index in [1.807, 2.05) is 32.0 Å². The van der Waals surface area contributed by atoms with Gasteiger partial charge in [-0.05, 0) is 36.7 Å². The Bertz CT molecular complexity index is 538. The molecule has 0 amide bonds. The van der Waals surface area contributed by atoms with Crippen LogP contribution in [0, 0.1) is 12.7 Å². The van der Waals surface area contributed by atoms with Gasteiger partial charge in [-0.3, -0.25) is 4.98 Å². The average Bonchev–Trinajstić information content (AvgIpc) is 2.38. The molecule has 94 valence electrons. The Kier molecular flexibility index (Phi) is 4.05. The van der Waals surface area contributed by atoms with Gasteiger partial charge in [-0.1, -0.05) is 19.1 Å². The highest BCUT2D eigenvalue weighted by Gasteiger charge is 2.06. The lowest BCUT2D eigenvalue weighted by molar-refractivity contribution is 0.594. The molecule has 2 nitrogen and oxygen atoms in total. The summed E-state index contributed by atoms with van der Waals surface area (Å²) in [5, 5.41) is 3.12. The van der Waals surface area contributed by atoms with Crippen molar-refractivity contribution in [3.05, 3.63) is 53.6 Å². The van der Waals surface area contributed by atoms with E-state index in [2.05, 4.69) is 10.3 Å². The molecule has 18 heavy (non-hydrogen) atoms. The number of aryl methyl sites for hydroxylation is 1. The summed E-state index contributed by atoms with van der Waals surface area (Å²) in [4.78, 5) is 4.09. The molecule has 0 unspecified atom stereocenters. The van der Waals surface area contributed by atoms with Crippen molar-refractivity contribution in [1.82, 2.24) is 10.3 Å². The molecule has 1 heterocycles. The summed E-state index contributed by atoms with van der Waals surface area (Å²) in [5.74, 6) is -0.170. The van der Waals surface area contributed by atoms with E-state index >= 15 is 0 Å². The number of nitrogens with one attached hydrogen (secondary N) is 1. The van der Waals surface area contributed by atoms with Gasteiger partial charge in [0.1, 0.15) is 5.82 Å². The van der Waals surface area contributed by atoms with Crippen molar-refractivity contribution in [2.24, 2.45) is 0 Å². The van der Waals surface area contributed by atoms with Crippen LogP contribution in [0.5, 0.6) is 0 Å². The minimum Gasteiger partial charge on any atom is -0.313 e. The maximum Gasteiger partial charge on any atom is 0.128 e. The molecular weight excluding hydrogens is 227 g/mol. The minimum atomic E-state index is -0.170. The van der Waals surface area contributed by atoms with Crippen LogP contribution in [0.15, 0.2) is 36.7 Å². The van der Waals surface area contributed by atoms with Crippen LogP contribution in [0.1, 0.15) is 18.1 Å². The molecule has 0 aliphatic rings. The molecule has 0 saturated carbocycles. The fourth-order valence-electron chi connectivity index (χ4n) is 1.88. The van der Waals surface area contributed by atoms with Crippen molar-refractivity contribution in [2.75, 3.05) is 6.54 Å². The number of rotatable bonds is 4. The summed E-state index contributed by atoms with van der Waals surface area (Å²) in [6.45, 7) is 5.41. The quantitative estimate of drug-likeness (QED) is 0.892. The normalized spacial score (nSPS) is 10.6. The van der Waals surface area contributed by atoms with E-state index in [-0.39, 0.29) is 5.82 Å². The van der Waals surface area contributed by atoms with Crippen molar-refractivity contribution >= 4 is 0 Å².